The van der Waals surface area contributed by atoms with Crippen LogP contribution in [0.2, 0.25) is 0 Å². The van der Waals surface area contributed by atoms with Crippen LogP contribution in [0.25, 0.3) is 0 Å². The minimum absolute atomic E-state index is 0.182. The summed E-state index contributed by atoms with van der Waals surface area (Å²) in [6.07, 6.45) is -1.75. The van der Waals surface area contributed by atoms with E-state index >= 15 is 0 Å². The number of carboxylic acids is 1. The fourth-order valence-corrected chi connectivity index (χ4v) is 1.65. The molecule has 2 N–H and O–H groups in total. The Morgan fingerprint density at radius 1 is 1.41 bits per heavy atom. The third kappa shape index (κ3) is 3.34. The number of hydrogen-bond acceptors (Lipinski definition) is 3. The maximum atomic E-state index is 13.3. The Bertz CT molecular complexity index is 447. The molecule has 0 spiro atoms. The predicted molar refractivity (Wildman–Crippen MR) is 61.7 cm³/mol. The van der Waals surface area contributed by atoms with Gasteiger partial charge in [-0.2, -0.15) is 0 Å². The number of aliphatic hydroxyl groups excluding tert-OH is 1. The smallest absolute Gasteiger partial charge is 0.337 e. The van der Waals surface area contributed by atoms with Gasteiger partial charge in [0, 0.05) is 22.9 Å². The van der Waals surface area contributed by atoms with Crippen molar-refractivity contribution in [2.75, 3.05) is 5.33 Å². The van der Waals surface area contributed by atoms with Gasteiger partial charge < -0.3 is 10.2 Å². The van der Waals surface area contributed by atoms with Crippen LogP contribution < -0.4 is 0 Å². The SMILES string of the molecule is O=C(CCBr)c1ccc(F)c(C(O)C(=O)O)c1. The molecule has 0 aliphatic heterocycles. The van der Waals surface area contributed by atoms with Crippen LogP contribution in [0.5, 0.6) is 0 Å². The molecule has 92 valence electrons. The second-order valence-electron chi connectivity index (χ2n) is 3.34. The van der Waals surface area contributed by atoms with Gasteiger partial charge in [-0.15, -0.1) is 0 Å². The zero-order valence-corrected chi connectivity index (χ0v) is 10.3. The molecule has 0 amide bonds. The predicted octanol–water partition coefficient (Wildman–Crippen LogP) is 1.91. The van der Waals surface area contributed by atoms with E-state index in [2.05, 4.69) is 15.9 Å². The molecule has 0 aliphatic rings. The quantitative estimate of drug-likeness (QED) is 0.644. The number of Topliss-reactive ketones (excluding diaryl/α,β-unsaturated/α-hetero) is 1. The molecule has 17 heavy (non-hydrogen) atoms. The monoisotopic (exact) mass is 304 g/mol. The highest BCUT2D eigenvalue weighted by atomic mass is 79.9. The second-order valence-corrected chi connectivity index (χ2v) is 4.13. The summed E-state index contributed by atoms with van der Waals surface area (Å²) >= 11 is 3.09. The molecule has 0 aliphatic carbocycles. The number of hydrogen-bond donors (Lipinski definition) is 2. The largest absolute Gasteiger partial charge is 0.479 e. The van der Waals surface area contributed by atoms with Crippen LogP contribution in [-0.2, 0) is 4.79 Å². The summed E-state index contributed by atoms with van der Waals surface area (Å²) < 4.78 is 13.3. The lowest BCUT2D eigenvalue weighted by Crippen LogP contribution is -2.13. The Morgan fingerprint density at radius 3 is 2.59 bits per heavy atom. The van der Waals surface area contributed by atoms with Crippen LogP contribution in [0.4, 0.5) is 4.39 Å². The average molecular weight is 305 g/mol. The van der Waals surface area contributed by atoms with Crippen molar-refractivity contribution in [3.63, 3.8) is 0 Å². The summed E-state index contributed by atoms with van der Waals surface area (Å²) in [4.78, 5) is 22.1. The number of aliphatic hydroxyl groups is 1. The topological polar surface area (TPSA) is 74.6 Å². The molecule has 0 fully saturated rings. The highest BCUT2D eigenvalue weighted by Crippen LogP contribution is 2.20. The summed E-state index contributed by atoms with van der Waals surface area (Å²) in [5, 5.41) is 18.3. The Morgan fingerprint density at radius 2 is 2.06 bits per heavy atom. The molecule has 0 aromatic heterocycles. The standard InChI is InChI=1S/C11H10BrFO4/c12-4-3-9(14)6-1-2-8(13)7(5-6)10(15)11(16)17/h1-2,5,10,15H,3-4H2,(H,16,17). The van der Waals surface area contributed by atoms with E-state index < -0.39 is 23.5 Å². The van der Waals surface area contributed by atoms with Crippen molar-refractivity contribution in [2.45, 2.75) is 12.5 Å². The number of carboxylic acid groups (broad SMARTS) is 1. The first-order chi connectivity index (χ1) is 7.97. The molecule has 4 nitrogen and oxygen atoms in total. The number of ketones is 1. The summed E-state index contributed by atoms with van der Waals surface area (Å²) in [7, 11) is 0. The van der Waals surface area contributed by atoms with Gasteiger partial charge in [0.1, 0.15) is 5.82 Å². The first-order valence-corrected chi connectivity index (χ1v) is 5.89. The van der Waals surface area contributed by atoms with Gasteiger partial charge in [-0.05, 0) is 18.2 Å². The van der Waals surface area contributed by atoms with Gasteiger partial charge in [-0.25, -0.2) is 9.18 Å². The summed E-state index contributed by atoms with van der Waals surface area (Å²) in [6, 6.07) is 3.31. The Balaban J connectivity index is 3.10. The number of carbonyl (C=O) groups is 2. The maximum absolute atomic E-state index is 13.3. The number of alkyl halides is 1. The molecule has 1 aromatic carbocycles. The molecule has 0 heterocycles. The molecular formula is C11H10BrFO4. The van der Waals surface area contributed by atoms with Crippen LogP contribution in [-0.4, -0.2) is 27.3 Å². The minimum atomic E-state index is -1.97. The molecule has 1 unspecified atom stereocenters. The molecule has 6 heteroatoms. The highest BCUT2D eigenvalue weighted by molar-refractivity contribution is 9.09. The van der Waals surface area contributed by atoms with Crippen molar-refractivity contribution >= 4 is 27.7 Å². The first kappa shape index (κ1) is 13.8. The molecule has 0 radical (unpaired) electrons. The van der Waals surface area contributed by atoms with Crippen molar-refractivity contribution in [3.8, 4) is 0 Å². The number of rotatable bonds is 5. The Kier molecular flexibility index (Phi) is 4.77. The lowest BCUT2D eigenvalue weighted by atomic mass is 10.0. The first-order valence-electron chi connectivity index (χ1n) is 4.77. The molecule has 1 atom stereocenters. The van der Waals surface area contributed by atoms with Crippen LogP contribution in [0, 0.1) is 5.82 Å². The molecule has 0 saturated heterocycles. The molecule has 0 saturated carbocycles. The van der Waals surface area contributed by atoms with Crippen molar-refractivity contribution in [3.05, 3.63) is 35.1 Å². The number of halogens is 2. The van der Waals surface area contributed by atoms with Crippen LogP contribution in [0.3, 0.4) is 0 Å². The van der Waals surface area contributed by atoms with Crippen molar-refractivity contribution in [1.82, 2.24) is 0 Å². The molecular weight excluding hydrogens is 295 g/mol. The van der Waals surface area contributed by atoms with E-state index in [9.17, 15) is 19.1 Å². The van der Waals surface area contributed by atoms with Crippen molar-refractivity contribution in [1.29, 1.82) is 0 Å². The van der Waals surface area contributed by atoms with Gasteiger partial charge >= 0.3 is 5.97 Å². The number of benzene rings is 1. The highest BCUT2D eigenvalue weighted by Gasteiger charge is 2.21. The lowest BCUT2D eigenvalue weighted by Gasteiger charge is -2.08. The van der Waals surface area contributed by atoms with Crippen molar-refractivity contribution < 1.29 is 24.2 Å². The van der Waals surface area contributed by atoms with E-state index in [0.29, 0.717) is 5.33 Å². The zero-order chi connectivity index (χ0) is 13.0. The fraction of sp³-hybridized carbons (Fsp3) is 0.273. The number of aliphatic carboxylic acids is 1. The fourth-order valence-electron chi connectivity index (χ4n) is 1.29. The van der Waals surface area contributed by atoms with Gasteiger partial charge in [0.05, 0.1) is 0 Å². The van der Waals surface area contributed by atoms with Gasteiger partial charge in [0.25, 0.3) is 0 Å². The number of carbonyl (C=O) groups excluding carboxylic acids is 1. The van der Waals surface area contributed by atoms with E-state index in [0.717, 1.165) is 12.1 Å². The van der Waals surface area contributed by atoms with E-state index in [-0.39, 0.29) is 17.8 Å². The third-order valence-corrected chi connectivity index (χ3v) is 2.56. The van der Waals surface area contributed by atoms with Gasteiger partial charge in [-0.1, -0.05) is 15.9 Å². The third-order valence-electron chi connectivity index (χ3n) is 2.17. The van der Waals surface area contributed by atoms with E-state index in [1.165, 1.54) is 6.07 Å². The zero-order valence-electron chi connectivity index (χ0n) is 8.69. The maximum Gasteiger partial charge on any atom is 0.337 e. The van der Waals surface area contributed by atoms with E-state index in [1.54, 1.807) is 0 Å². The summed E-state index contributed by atoms with van der Waals surface area (Å²) in [5.74, 6) is -2.66. The van der Waals surface area contributed by atoms with Gasteiger partial charge in [-0.3, -0.25) is 4.79 Å². The molecule has 1 aromatic rings. The van der Waals surface area contributed by atoms with Crippen LogP contribution in [0.1, 0.15) is 28.4 Å². The second kappa shape index (κ2) is 5.88. The van der Waals surface area contributed by atoms with E-state index in [1.807, 2.05) is 0 Å². The normalized spacial score (nSPS) is 12.2. The van der Waals surface area contributed by atoms with Crippen LogP contribution >= 0.6 is 15.9 Å². The molecule has 1 rings (SSSR count). The Labute approximate surface area is 105 Å². The lowest BCUT2D eigenvalue weighted by molar-refractivity contribution is -0.147. The summed E-state index contributed by atoms with van der Waals surface area (Å²) in [5.41, 5.74) is -0.223. The van der Waals surface area contributed by atoms with Crippen molar-refractivity contribution in [2.24, 2.45) is 0 Å². The van der Waals surface area contributed by atoms with Crippen LogP contribution in [0.15, 0.2) is 18.2 Å². The van der Waals surface area contributed by atoms with Gasteiger partial charge in [0.2, 0.25) is 0 Å². The molecule has 0 bridgehead atoms. The minimum Gasteiger partial charge on any atom is -0.479 e. The average Bonchev–Trinajstić information content (AvgIpc) is 2.28. The van der Waals surface area contributed by atoms with E-state index in [4.69, 9.17) is 5.11 Å². The van der Waals surface area contributed by atoms with Gasteiger partial charge in [0.15, 0.2) is 11.9 Å². The summed E-state index contributed by atoms with van der Waals surface area (Å²) in [6.45, 7) is 0. The Hall–Kier alpha value is -1.27.